The summed E-state index contributed by atoms with van der Waals surface area (Å²) in [5.41, 5.74) is 3.39. The molecule has 106 valence electrons. The number of hydrogen-bond acceptors (Lipinski definition) is 3. The third-order valence-corrected chi connectivity index (χ3v) is 4.41. The topological polar surface area (TPSA) is 28.2 Å². The predicted molar refractivity (Wildman–Crippen MR) is 85.2 cm³/mol. The van der Waals surface area contributed by atoms with Gasteiger partial charge in [-0.25, -0.2) is 0 Å². The minimum atomic E-state index is 0.561. The van der Waals surface area contributed by atoms with E-state index in [2.05, 4.69) is 66.4 Å². The van der Waals surface area contributed by atoms with Crippen LogP contribution >= 0.6 is 0 Å². The summed E-state index contributed by atoms with van der Waals surface area (Å²) in [6.45, 7) is 5.54. The summed E-state index contributed by atoms with van der Waals surface area (Å²) < 4.78 is 0. The highest BCUT2D eigenvalue weighted by Crippen LogP contribution is 2.26. The van der Waals surface area contributed by atoms with Crippen molar-refractivity contribution in [2.45, 2.75) is 38.8 Å². The molecule has 2 atom stereocenters. The first kappa shape index (κ1) is 13.4. The van der Waals surface area contributed by atoms with E-state index in [9.17, 15) is 0 Å². The van der Waals surface area contributed by atoms with Gasteiger partial charge in [0.1, 0.15) is 0 Å². The first-order valence-corrected chi connectivity index (χ1v) is 7.46. The number of aromatic nitrogens is 1. The van der Waals surface area contributed by atoms with Gasteiger partial charge in [0.05, 0.1) is 5.52 Å². The van der Waals surface area contributed by atoms with E-state index in [1.54, 1.807) is 0 Å². The lowest BCUT2D eigenvalue weighted by Crippen LogP contribution is -2.42. The van der Waals surface area contributed by atoms with Crippen molar-refractivity contribution in [1.29, 1.82) is 0 Å². The highest BCUT2D eigenvalue weighted by molar-refractivity contribution is 5.91. The molecule has 0 bridgehead atoms. The summed E-state index contributed by atoms with van der Waals surface area (Å²) in [5.74, 6) is 0. The van der Waals surface area contributed by atoms with Crippen molar-refractivity contribution in [2.24, 2.45) is 0 Å². The Morgan fingerprint density at radius 3 is 2.90 bits per heavy atom. The van der Waals surface area contributed by atoms with E-state index in [1.807, 2.05) is 0 Å². The molecule has 3 rings (SSSR count). The third kappa shape index (κ3) is 2.63. The van der Waals surface area contributed by atoms with Crippen LogP contribution in [0.25, 0.3) is 10.9 Å². The van der Waals surface area contributed by atoms with E-state index in [0.717, 1.165) is 11.2 Å². The van der Waals surface area contributed by atoms with E-state index < -0.39 is 0 Å². The molecule has 2 unspecified atom stereocenters. The van der Waals surface area contributed by atoms with Gasteiger partial charge in [-0.15, -0.1) is 0 Å². The lowest BCUT2D eigenvalue weighted by Gasteiger charge is -2.36. The van der Waals surface area contributed by atoms with Crippen molar-refractivity contribution in [3.05, 3.63) is 36.0 Å². The van der Waals surface area contributed by atoms with Gasteiger partial charge in [-0.2, -0.15) is 0 Å². The van der Waals surface area contributed by atoms with Crippen molar-refractivity contribution in [3.8, 4) is 0 Å². The fraction of sp³-hybridized carbons (Fsp3) is 0.471. The van der Waals surface area contributed by atoms with Crippen LogP contribution in [0.15, 0.2) is 30.3 Å². The lowest BCUT2D eigenvalue weighted by molar-refractivity contribution is 0.190. The molecule has 2 heterocycles. The summed E-state index contributed by atoms with van der Waals surface area (Å²) in [6.07, 6.45) is 2.41. The number of anilines is 1. The third-order valence-electron chi connectivity index (χ3n) is 4.41. The summed E-state index contributed by atoms with van der Waals surface area (Å²) >= 11 is 0. The Labute approximate surface area is 121 Å². The van der Waals surface area contributed by atoms with E-state index in [-0.39, 0.29) is 0 Å². The Morgan fingerprint density at radius 2 is 2.10 bits per heavy atom. The number of hydrogen-bond donors (Lipinski definition) is 1. The molecule has 0 spiro atoms. The highest BCUT2D eigenvalue weighted by atomic mass is 15.1. The molecule has 20 heavy (non-hydrogen) atoms. The van der Waals surface area contributed by atoms with Crippen molar-refractivity contribution in [1.82, 2.24) is 9.88 Å². The van der Waals surface area contributed by atoms with Gasteiger partial charge in [0, 0.05) is 35.4 Å². The van der Waals surface area contributed by atoms with Crippen LogP contribution in [0.5, 0.6) is 0 Å². The Balaban J connectivity index is 1.87. The van der Waals surface area contributed by atoms with Crippen molar-refractivity contribution in [2.75, 3.05) is 18.9 Å². The second-order valence-electron chi connectivity index (χ2n) is 6.02. The van der Waals surface area contributed by atoms with E-state index >= 15 is 0 Å². The minimum absolute atomic E-state index is 0.561. The van der Waals surface area contributed by atoms with Gasteiger partial charge < -0.3 is 10.2 Å². The fourth-order valence-corrected chi connectivity index (χ4v) is 3.07. The number of rotatable bonds is 2. The van der Waals surface area contributed by atoms with Crippen LogP contribution in [-0.2, 0) is 0 Å². The second kappa shape index (κ2) is 5.41. The first-order valence-electron chi connectivity index (χ1n) is 7.46. The number of fused-ring (bicyclic) bond motifs is 1. The van der Waals surface area contributed by atoms with Crippen LogP contribution in [0, 0.1) is 6.92 Å². The molecule has 0 saturated carbocycles. The molecule has 1 aliphatic rings. The largest absolute Gasteiger partial charge is 0.382 e. The molecule has 1 aromatic carbocycles. The number of aryl methyl sites for hydroxylation is 1. The first-order chi connectivity index (χ1) is 9.63. The van der Waals surface area contributed by atoms with Gasteiger partial charge in [0.25, 0.3) is 0 Å². The maximum atomic E-state index is 4.61. The van der Waals surface area contributed by atoms with Crippen molar-refractivity contribution >= 4 is 16.6 Å². The van der Waals surface area contributed by atoms with Crippen molar-refractivity contribution < 1.29 is 0 Å². The second-order valence-corrected chi connectivity index (χ2v) is 6.02. The van der Waals surface area contributed by atoms with Crippen LogP contribution in [0.1, 0.15) is 25.5 Å². The van der Waals surface area contributed by atoms with E-state index in [0.29, 0.717) is 12.1 Å². The molecule has 2 aromatic rings. The van der Waals surface area contributed by atoms with Gasteiger partial charge in [-0.05, 0) is 45.9 Å². The Kier molecular flexibility index (Phi) is 3.62. The lowest BCUT2D eigenvalue weighted by atomic mass is 9.98. The van der Waals surface area contributed by atoms with Crippen LogP contribution in [0.2, 0.25) is 0 Å². The summed E-state index contributed by atoms with van der Waals surface area (Å²) in [5, 5.41) is 4.98. The number of pyridine rings is 1. The molecule has 3 heteroatoms. The van der Waals surface area contributed by atoms with Gasteiger partial charge in [-0.1, -0.05) is 18.2 Å². The molecule has 0 radical (unpaired) electrons. The van der Waals surface area contributed by atoms with Crippen molar-refractivity contribution in [3.63, 3.8) is 0 Å². The molecular weight excluding hydrogens is 246 g/mol. The number of para-hydroxylation sites is 1. The quantitative estimate of drug-likeness (QED) is 0.905. The molecule has 0 amide bonds. The Bertz CT molecular complexity index is 608. The van der Waals surface area contributed by atoms with Crippen LogP contribution in [0.3, 0.4) is 0 Å². The Hall–Kier alpha value is -1.61. The Morgan fingerprint density at radius 1 is 1.30 bits per heavy atom. The number of likely N-dealkylation sites (tertiary alicyclic amines) is 1. The average molecular weight is 269 g/mol. The van der Waals surface area contributed by atoms with E-state index in [1.165, 1.54) is 30.5 Å². The van der Waals surface area contributed by atoms with E-state index in [4.69, 9.17) is 0 Å². The molecule has 0 aliphatic carbocycles. The standard InChI is InChI=1S/C17H23N3/c1-12-10-17(15-6-4-5-7-16(15)18-12)19-14-8-9-20(3)13(2)11-14/h4-7,10,13-14H,8-9,11H2,1-3H3,(H,18,19). The number of benzene rings is 1. The number of nitrogens with one attached hydrogen (secondary N) is 1. The van der Waals surface area contributed by atoms with Crippen LogP contribution in [0.4, 0.5) is 5.69 Å². The van der Waals surface area contributed by atoms with Gasteiger partial charge in [0.2, 0.25) is 0 Å². The predicted octanol–water partition coefficient (Wildman–Crippen LogP) is 3.44. The normalized spacial score (nSPS) is 23.9. The zero-order chi connectivity index (χ0) is 14.1. The SMILES string of the molecule is Cc1cc(NC2CCN(C)C(C)C2)c2ccccc2n1. The van der Waals surface area contributed by atoms with Crippen LogP contribution in [-0.4, -0.2) is 35.6 Å². The molecule has 1 aromatic heterocycles. The molecule has 1 N–H and O–H groups in total. The molecule has 1 aliphatic heterocycles. The summed E-state index contributed by atoms with van der Waals surface area (Å²) in [7, 11) is 2.22. The smallest absolute Gasteiger partial charge is 0.0725 e. The number of nitrogens with zero attached hydrogens (tertiary/aromatic N) is 2. The number of piperidine rings is 1. The average Bonchev–Trinajstić information content (AvgIpc) is 2.43. The molecule has 1 fully saturated rings. The highest BCUT2D eigenvalue weighted by Gasteiger charge is 2.23. The molecular formula is C17H23N3. The monoisotopic (exact) mass is 269 g/mol. The maximum Gasteiger partial charge on any atom is 0.0725 e. The molecule has 3 nitrogen and oxygen atoms in total. The van der Waals surface area contributed by atoms with Gasteiger partial charge in [0.15, 0.2) is 0 Å². The maximum absolute atomic E-state index is 4.61. The minimum Gasteiger partial charge on any atom is -0.382 e. The fourth-order valence-electron chi connectivity index (χ4n) is 3.07. The summed E-state index contributed by atoms with van der Waals surface area (Å²) in [6, 6.07) is 11.8. The summed E-state index contributed by atoms with van der Waals surface area (Å²) in [4.78, 5) is 7.05. The zero-order valence-electron chi connectivity index (χ0n) is 12.6. The van der Waals surface area contributed by atoms with Gasteiger partial charge >= 0.3 is 0 Å². The van der Waals surface area contributed by atoms with Crippen LogP contribution < -0.4 is 5.32 Å². The zero-order valence-corrected chi connectivity index (χ0v) is 12.6. The molecule has 1 saturated heterocycles. The van der Waals surface area contributed by atoms with Gasteiger partial charge in [-0.3, -0.25) is 4.98 Å².